The van der Waals surface area contributed by atoms with Gasteiger partial charge in [0.2, 0.25) is 5.95 Å². The van der Waals surface area contributed by atoms with E-state index >= 15 is 0 Å². The van der Waals surface area contributed by atoms with Crippen LogP contribution in [0.4, 0.5) is 19.1 Å². The molecule has 0 radical (unpaired) electrons. The Balaban J connectivity index is 1.78. The molecule has 1 aliphatic rings. The van der Waals surface area contributed by atoms with Crippen molar-refractivity contribution in [1.29, 1.82) is 0 Å². The van der Waals surface area contributed by atoms with Crippen LogP contribution in [0.2, 0.25) is 0 Å². The van der Waals surface area contributed by atoms with Gasteiger partial charge in [-0.15, -0.1) is 0 Å². The first-order chi connectivity index (χ1) is 12.5. The zero-order valence-corrected chi connectivity index (χ0v) is 13.8. The summed E-state index contributed by atoms with van der Waals surface area (Å²) >= 11 is 0. The van der Waals surface area contributed by atoms with Crippen LogP contribution in [0.3, 0.4) is 0 Å². The Bertz CT molecular complexity index is 914. The molecule has 6 nitrogen and oxygen atoms in total. The van der Waals surface area contributed by atoms with Crippen molar-refractivity contribution in [2.24, 2.45) is 0 Å². The molecule has 1 saturated heterocycles. The summed E-state index contributed by atoms with van der Waals surface area (Å²) in [5.41, 5.74) is -0.152. The van der Waals surface area contributed by atoms with E-state index in [0.717, 1.165) is 32.1 Å². The number of hydrogen-bond donors (Lipinski definition) is 3. The highest BCUT2D eigenvalue weighted by Crippen LogP contribution is 2.38. The molecule has 0 bridgehead atoms. The molecule has 1 unspecified atom stereocenters. The Morgan fingerprint density at radius 3 is 2.88 bits per heavy atom. The summed E-state index contributed by atoms with van der Waals surface area (Å²) in [6.45, 7) is 1.68. The number of halogens is 3. The van der Waals surface area contributed by atoms with Crippen molar-refractivity contribution in [3.63, 3.8) is 0 Å². The molecule has 3 aromatic rings. The number of anilines is 1. The first-order valence-corrected chi connectivity index (χ1v) is 8.36. The van der Waals surface area contributed by atoms with Gasteiger partial charge in [-0.05, 0) is 31.5 Å². The minimum atomic E-state index is -4.55. The average Bonchev–Trinajstić information content (AvgIpc) is 3.05. The molecule has 136 valence electrons. The molecule has 0 aromatic carbocycles. The molecular formula is C17H17F3N6. The topological polar surface area (TPSA) is 78.5 Å². The molecule has 1 fully saturated rings. The molecular weight excluding hydrogens is 345 g/mol. The van der Waals surface area contributed by atoms with Crippen LogP contribution in [0.5, 0.6) is 0 Å². The van der Waals surface area contributed by atoms with E-state index in [4.69, 9.17) is 0 Å². The fourth-order valence-electron chi connectivity index (χ4n) is 3.17. The van der Waals surface area contributed by atoms with Crippen molar-refractivity contribution in [3.8, 4) is 11.3 Å². The lowest BCUT2D eigenvalue weighted by Crippen LogP contribution is -2.38. The van der Waals surface area contributed by atoms with E-state index in [1.165, 1.54) is 6.20 Å². The normalized spacial score (nSPS) is 18.2. The number of piperidine rings is 1. The van der Waals surface area contributed by atoms with E-state index in [1.807, 2.05) is 0 Å². The molecule has 0 aliphatic carbocycles. The minimum absolute atomic E-state index is 0.0953. The lowest BCUT2D eigenvalue weighted by Gasteiger charge is -2.24. The van der Waals surface area contributed by atoms with Crippen molar-refractivity contribution in [2.75, 3.05) is 18.4 Å². The molecule has 1 aliphatic heterocycles. The Hall–Kier alpha value is -2.68. The van der Waals surface area contributed by atoms with Gasteiger partial charge in [-0.25, -0.2) is 15.0 Å². The second-order valence-electron chi connectivity index (χ2n) is 6.24. The molecule has 1 atom stereocenters. The number of hydrogen-bond acceptors (Lipinski definition) is 5. The zero-order valence-electron chi connectivity index (χ0n) is 13.8. The highest BCUT2D eigenvalue weighted by atomic mass is 19.4. The van der Waals surface area contributed by atoms with Crippen LogP contribution >= 0.6 is 0 Å². The van der Waals surface area contributed by atoms with Gasteiger partial charge in [-0.1, -0.05) is 0 Å². The Morgan fingerprint density at radius 1 is 1.23 bits per heavy atom. The van der Waals surface area contributed by atoms with Gasteiger partial charge in [0.05, 0.1) is 5.69 Å². The van der Waals surface area contributed by atoms with Crippen molar-refractivity contribution in [3.05, 3.63) is 36.3 Å². The summed E-state index contributed by atoms with van der Waals surface area (Å²) in [5, 5.41) is 6.96. The van der Waals surface area contributed by atoms with E-state index in [1.54, 1.807) is 18.3 Å². The number of fused-ring (bicyclic) bond motifs is 1. The first-order valence-electron chi connectivity index (χ1n) is 8.36. The third-order valence-corrected chi connectivity index (χ3v) is 4.43. The van der Waals surface area contributed by atoms with Crippen LogP contribution in [0.15, 0.2) is 30.7 Å². The van der Waals surface area contributed by atoms with Crippen LogP contribution in [-0.2, 0) is 6.18 Å². The number of aromatic amines is 1. The van der Waals surface area contributed by atoms with Gasteiger partial charge in [0, 0.05) is 42.1 Å². The van der Waals surface area contributed by atoms with E-state index < -0.39 is 11.7 Å². The van der Waals surface area contributed by atoms with E-state index in [2.05, 4.69) is 30.6 Å². The van der Waals surface area contributed by atoms with Gasteiger partial charge < -0.3 is 15.6 Å². The van der Waals surface area contributed by atoms with Crippen LogP contribution in [0.25, 0.3) is 22.3 Å². The van der Waals surface area contributed by atoms with Crippen LogP contribution in [0, 0.1) is 0 Å². The molecule has 0 amide bonds. The maximum absolute atomic E-state index is 13.5. The lowest BCUT2D eigenvalue weighted by molar-refractivity contribution is -0.137. The van der Waals surface area contributed by atoms with Crippen molar-refractivity contribution in [1.82, 2.24) is 25.3 Å². The molecule has 26 heavy (non-hydrogen) atoms. The number of alkyl halides is 3. The molecule has 0 saturated carbocycles. The molecule has 3 N–H and O–H groups in total. The van der Waals surface area contributed by atoms with Crippen LogP contribution < -0.4 is 10.6 Å². The van der Waals surface area contributed by atoms with Crippen molar-refractivity contribution >= 4 is 17.0 Å². The third kappa shape index (κ3) is 3.22. The van der Waals surface area contributed by atoms with Crippen LogP contribution in [-0.4, -0.2) is 39.1 Å². The van der Waals surface area contributed by atoms with Crippen molar-refractivity contribution in [2.45, 2.75) is 25.1 Å². The number of nitrogens with one attached hydrogen (secondary N) is 3. The Morgan fingerprint density at radius 2 is 2.12 bits per heavy atom. The number of H-pyrrole nitrogens is 1. The van der Waals surface area contributed by atoms with Gasteiger partial charge in [0.25, 0.3) is 0 Å². The predicted octanol–water partition coefficient (Wildman–Crippen LogP) is 3.20. The standard InChI is InChI=1S/C17H17F3N6/c18-17(19,20)13-9-24-16(25-10-3-1-5-21-7-10)26-14(13)12-8-23-15-11(12)4-2-6-22-15/h2,4,6,8-10,21H,1,3,5,7H2,(H,22,23)(H,24,25,26). The number of nitrogens with zero attached hydrogens (tertiary/aromatic N) is 3. The summed E-state index contributed by atoms with van der Waals surface area (Å²) in [5.74, 6) is 0.194. The maximum atomic E-state index is 13.5. The van der Waals surface area contributed by atoms with Gasteiger partial charge in [-0.3, -0.25) is 0 Å². The van der Waals surface area contributed by atoms with Gasteiger partial charge >= 0.3 is 6.18 Å². The summed E-state index contributed by atoms with van der Waals surface area (Å²) in [4.78, 5) is 15.1. The Labute approximate surface area is 147 Å². The monoisotopic (exact) mass is 362 g/mol. The van der Waals surface area contributed by atoms with Crippen LogP contribution in [0.1, 0.15) is 18.4 Å². The van der Waals surface area contributed by atoms with E-state index in [-0.39, 0.29) is 17.7 Å². The molecule has 3 aromatic heterocycles. The smallest absolute Gasteiger partial charge is 0.350 e. The highest BCUT2D eigenvalue weighted by Gasteiger charge is 2.36. The SMILES string of the molecule is FC(F)(F)c1cnc(NC2CCCNC2)nc1-c1c[nH]c2ncccc12. The van der Waals surface area contributed by atoms with E-state index in [0.29, 0.717) is 16.6 Å². The minimum Gasteiger partial charge on any atom is -0.350 e. The van der Waals surface area contributed by atoms with E-state index in [9.17, 15) is 13.2 Å². The summed E-state index contributed by atoms with van der Waals surface area (Å²) < 4.78 is 40.5. The first kappa shape index (κ1) is 16.8. The van der Waals surface area contributed by atoms with Gasteiger partial charge in [0.1, 0.15) is 11.2 Å². The van der Waals surface area contributed by atoms with Gasteiger partial charge in [-0.2, -0.15) is 13.2 Å². The van der Waals surface area contributed by atoms with Gasteiger partial charge in [0.15, 0.2) is 0 Å². The third-order valence-electron chi connectivity index (χ3n) is 4.43. The maximum Gasteiger partial charge on any atom is 0.419 e. The second kappa shape index (κ2) is 6.56. The average molecular weight is 362 g/mol. The lowest BCUT2D eigenvalue weighted by atomic mass is 10.1. The zero-order chi connectivity index (χ0) is 18.1. The fourth-order valence-corrected chi connectivity index (χ4v) is 3.17. The highest BCUT2D eigenvalue weighted by molar-refractivity contribution is 5.93. The fraction of sp³-hybridized carbons (Fsp3) is 0.353. The number of rotatable bonds is 3. The molecule has 0 spiro atoms. The molecule has 4 rings (SSSR count). The largest absolute Gasteiger partial charge is 0.419 e. The number of aromatic nitrogens is 4. The summed E-state index contributed by atoms with van der Waals surface area (Å²) in [7, 11) is 0. The quantitative estimate of drug-likeness (QED) is 0.667. The molecule has 9 heteroatoms. The number of pyridine rings is 1. The summed E-state index contributed by atoms with van der Waals surface area (Å²) in [6.07, 6.45) is 1.29. The summed E-state index contributed by atoms with van der Waals surface area (Å²) in [6, 6.07) is 3.49. The second-order valence-corrected chi connectivity index (χ2v) is 6.24. The van der Waals surface area contributed by atoms with Crippen molar-refractivity contribution < 1.29 is 13.2 Å². The molecule has 4 heterocycles. The Kier molecular flexibility index (Phi) is 4.23. The predicted molar refractivity (Wildman–Crippen MR) is 91.6 cm³/mol.